The van der Waals surface area contributed by atoms with Crippen LogP contribution < -0.4 is 5.32 Å². The summed E-state index contributed by atoms with van der Waals surface area (Å²) in [4.78, 5) is 0. The smallest absolute Gasteiger partial charge is 0.0850 e. The fraction of sp³-hybridized carbons (Fsp3) is 0.800. The van der Waals surface area contributed by atoms with E-state index in [9.17, 15) is 0 Å². The highest BCUT2D eigenvalue weighted by atomic mass is 35.5. The van der Waals surface area contributed by atoms with Gasteiger partial charge in [0.05, 0.1) is 16.4 Å². The molecule has 1 saturated heterocycles. The Kier molecular flexibility index (Phi) is 6.24. The van der Waals surface area contributed by atoms with E-state index in [2.05, 4.69) is 36.0 Å². The first kappa shape index (κ1) is 16.2. The Bertz CT molecular complexity index is 427. The number of halogens is 1. The molecule has 0 aromatic carbocycles. The Morgan fingerprint density at radius 2 is 2.30 bits per heavy atom. The van der Waals surface area contributed by atoms with Crippen molar-refractivity contribution in [2.75, 3.05) is 18.1 Å². The minimum atomic E-state index is 0.530. The summed E-state index contributed by atoms with van der Waals surface area (Å²) in [6.45, 7) is 5.42. The van der Waals surface area contributed by atoms with E-state index in [1.165, 1.54) is 30.0 Å². The van der Waals surface area contributed by atoms with Crippen molar-refractivity contribution in [3.8, 4) is 0 Å². The van der Waals surface area contributed by atoms with Gasteiger partial charge in [-0.15, -0.1) is 0 Å². The molecule has 1 aliphatic heterocycles. The first-order valence-corrected chi connectivity index (χ1v) is 9.22. The van der Waals surface area contributed by atoms with Gasteiger partial charge in [-0.3, -0.25) is 4.68 Å². The van der Waals surface area contributed by atoms with Crippen molar-refractivity contribution in [3.05, 3.63) is 16.4 Å². The Balaban J connectivity index is 2.11. The number of nitrogens with zero attached hydrogens (tertiary/aromatic N) is 2. The minimum absolute atomic E-state index is 0.530. The van der Waals surface area contributed by atoms with Gasteiger partial charge in [-0.05, 0) is 43.2 Å². The molecule has 2 heterocycles. The molecule has 0 saturated carbocycles. The third-order valence-electron chi connectivity index (χ3n) is 4.11. The average Bonchev–Trinajstić information content (AvgIpc) is 3.05. The molecule has 0 radical (unpaired) electrons. The van der Waals surface area contributed by atoms with Crippen molar-refractivity contribution in [2.24, 2.45) is 13.0 Å². The van der Waals surface area contributed by atoms with Crippen molar-refractivity contribution < 1.29 is 0 Å². The van der Waals surface area contributed by atoms with Gasteiger partial charge < -0.3 is 5.32 Å². The molecule has 3 nitrogen and oxygen atoms in total. The second-order valence-electron chi connectivity index (χ2n) is 5.57. The minimum Gasteiger partial charge on any atom is -0.313 e. The number of aryl methyl sites for hydroxylation is 2. The van der Waals surface area contributed by atoms with E-state index in [0.717, 1.165) is 36.0 Å². The van der Waals surface area contributed by atoms with Gasteiger partial charge in [0.15, 0.2) is 0 Å². The number of hydrogen-bond donors (Lipinski definition) is 1. The van der Waals surface area contributed by atoms with Gasteiger partial charge in [0.1, 0.15) is 0 Å². The van der Waals surface area contributed by atoms with E-state index in [0.29, 0.717) is 6.04 Å². The summed E-state index contributed by atoms with van der Waals surface area (Å²) in [7, 11) is 2.01. The Morgan fingerprint density at radius 3 is 2.85 bits per heavy atom. The van der Waals surface area contributed by atoms with Crippen molar-refractivity contribution in [2.45, 2.75) is 45.6 Å². The fourth-order valence-corrected chi connectivity index (χ4v) is 4.56. The highest BCUT2D eigenvalue weighted by Crippen LogP contribution is 2.30. The van der Waals surface area contributed by atoms with Crippen LogP contribution in [0.1, 0.15) is 38.1 Å². The summed E-state index contributed by atoms with van der Waals surface area (Å²) in [5, 5.41) is 9.15. The summed E-state index contributed by atoms with van der Waals surface area (Å²) in [6.07, 6.45) is 4.39. The van der Waals surface area contributed by atoms with Gasteiger partial charge in [0.25, 0.3) is 0 Å². The van der Waals surface area contributed by atoms with Crippen LogP contribution in [0.2, 0.25) is 5.02 Å². The van der Waals surface area contributed by atoms with E-state index in [1.54, 1.807) is 0 Å². The van der Waals surface area contributed by atoms with Crippen molar-refractivity contribution in [1.82, 2.24) is 15.1 Å². The highest BCUT2D eigenvalue weighted by molar-refractivity contribution is 7.99. The lowest BCUT2D eigenvalue weighted by molar-refractivity contribution is 0.373. The molecule has 114 valence electrons. The summed E-state index contributed by atoms with van der Waals surface area (Å²) < 4.78 is 1.98. The zero-order valence-corrected chi connectivity index (χ0v) is 14.4. The molecule has 1 aromatic heterocycles. The molecule has 1 fully saturated rings. The van der Waals surface area contributed by atoms with Gasteiger partial charge in [0.2, 0.25) is 0 Å². The molecule has 2 atom stereocenters. The topological polar surface area (TPSA) is 29.9 Å². The summed E-state index contributed by atoms with van der Waals surface area (Å²) in [5.41, 5.74) is 2.22. The predicted molar refractivity (Wildman–Crippen MR) is 88.8 cm³/mol. The zero-order valence-electron chi connectivity index (χ0n) is 12.8. The number of aromatic nitrogens is 2. The maximum atomic E-state index is 6.50. The largest absolute Gasteiger partial charge is 0.313 e. The molecular formula is C15H26ClN3S. The number of hydrogen-bond acceptors (Lipinski definition) is 3. The molecule has 20 heavy (non-hydrogen) atoms. The van der Waals surface area contributed by atoms with Crippen molar-refractivity contribution in [3.63, 3.8) is 0 Å². The Labute approximate surface area is 131 Å². The Morgan fingerprint density at radius 1 is 1.50 bits per heavy atom. The normalized spacial score (nSPS) is 20.5. The van der Waals surface area contributed by atoms with Crippen LogP contribution in [0.4, 0.5) is 0 Å². The monoisotopic (exact) mass is 315 g/mol. The van der Waals surface area contributed by atoms with Gasteiger partial charge >= 0.3 is 0 Å². The molecule has 0 bridgehead atoms. The van der Waals surface area contributed by atoms with Crippen LogP contribution in [0.5, 0.6) is 0 Å². The van der Waals surface area contributed by atoms with Gasteiger partial charge in [-0.2, -0.15) is 16.9 Å². The second kappa shape index (κ2) is 7.71. The molecule has 2 unspecified atom stereocenters. The van der Waals surface area contributed by atoms with E-state index >= 15 is 0 Å². The van der Waals surface area contributed by atoms with Crippen LogP contribution in [0, 0.1) is 5.92 Å². The third-order valence-corrected chi connectivity index (χ3v) is 5.73. The molecule has 0 aliphatic carbocycles. The molecular weight excluding hydrogens is 290 g/mol. The average molecular weight is 316 g/mol. The summed E-state index contributed by atoms with van der Waals surface area (Å²) in [5.74, 6) is 3.34. The lowest BCUT2D eigenvalue weighted by atomic mass is 9.94. The lowest BCUT2D eigenvalue weighted by Gasteiger charge is -2.24. The van der Waals surface area contributed by atoms with Crippen molar-refractivity contribution in [1.29, 1.82) is 0 Å². The Hall–Kier alpha value is -0.190. The maximum absolute atomic E-state index is 6.50. The SMILES string of the molecule is CCCNC(Cc1c(Cl)c(CC)nn1C)C1CCSC1. The van der Waals surface area contributed by atoms with E-state index in [-0.39, 0.29) is 0 Å². The fourth-order valence-electron chi connectivity index (χ4n) is 2.86. The quantitative estimate of drug-likeness (QED) is 0.837. The van der Waals surface area contributed by atoms with Crippen LogP contribution in [0.3, 0.4) is 0 Å². The predicted octanol–water partition coefficient (Wildman–Crippen LogP) is 3.30. The second-order valence-corrected chi connectivity index (χ2v) is 7.10. The number of nitrogens with one attached hydrogen (secondary N) is 1. The molecule has 0 amide bonds. The van der Waals surface area contributed by atoms with Crippen LogP contribution in [0.15, 0.2) is 0 Å². The molecule has 1 N–H and O–H groups in total. The maximum Gasteiger partial charge on any atom is 0.0850 e. The molecule has 2 rings (SSSR count). The van der Waals surface area contributed by atoms with Gasteiger partial charge in [0, 0.05) is 19.5 Å². The van der Waals surface area contributed by atoms with Crippen LogP contribution >= 0.6 is 23.4 Å². The van der Waals surface area contributed by atoms with E-state index in [4.69, 9.17) is 11.6 Å². The van der Waals surface area contributed by atoms with E-state index in [1.807, 2.05) is 11.7 Å². The summed E-state index contributed by atoms with van der Waals surface area (Å²) >= 11 is 8.58. The first-order valence-electron chi connectivity index (χ1n) is 7.68. The van der Waals surface area contributed by atoms with Crippen LogP contribution in [-0.2, 0) is 19.9 Å². The van der Waals surface area contributed by atoms with Gasteiger partial charge in [-0.25, -0.2) is 0 Å². The van der Waals surface area contributed by atoms with Crippen LogP contribution in [0.25, 0.3) is 0 Å². The molecule has 5 heteroatoms. The van der Waals surface area contributed by atoms with Gasteiger partial charge in [-0.1, -0.05) is 25.4 Å². The lowest BCUT2D eigenvalue weighted by Crippen LogP contribution is -2.39. The molecule has 1 aliphatic rings. The highest BCUT2D eigenvalue weighted by Gasteiger charge is 2.27. The summed E-state index contributed by atoms with van der Waals surface area (Å²) in [6, 6.07) is 0.530. The number of thioether (sulfide) groups is 1. The third kappa shape index (κ3) is 3.71. The standard InChI is InChI=1S/C15H26ClN3S/c1-4-7-17-13(11-6-8-20-10-11)9-14-15(16)12(5-2)18-19(14)3/h11,13,17H,4-10H2,1-3H3. The first-order chi connectivity index (χ1) is 9.67. The van der Waals surface area contributed by atoms with Crippen LogP contribution in [-0.4, -0.2) is 33.9 Å². The zero-order chi connectivity index (χ0) is 14.5. The van der Waals surface area contributed by atoms with E-state index < -0.39 is 0 Å². The van der Waals surface area contributed by atoms with Crippen molar-refractivity contribution >= 4 is 23.4 Å². The molecule has 1 aromatic rings. The number of rotatable bonds is 7. The molecule has 0 spiro atoms.